The number of benzene rings is 1. The fourth-order valence-corrected chi connectivity index (χ4v) is 2.21. The predicted octanol–water partition coefficient (Wildman–Crippen LogP) is 1.52. The van der Waals surface area contributed by atoms with Crippen LogP contribution in [0.5, 0.6) is 5.75 Å². The highest BCUT2D eigenvalue weighted by atomic mass is 32.2. The van der Waals surface area contributed by atoms with Crippen molar-refractivity contribution in [3.05, 3.63) is 29.8 Å². The summed E-state index contributed by atoms with van der Waals surface area (Å²) in [4.78, 5) is 0. The summed E-state index contributed by atoms with van der Waals surface area (Å²) >= 11 is 0. The van der Waals surface area contributed by atoms with Crippen LogP contribution in [-0.2, 0) is 9.84 Å². The summed E-state index contributed by atoms with van der Waals surface area (Å²) in [5.41, 5.74) is 6.73. The lowest BCUT2D eigenvalue weighted by atomic mass is 10.1. The molecule has 1 aromatic carbocycles. The van der Waals surface area contributed by atoms with Gasteiger partial charge in [0, 0.05) is 12.3 Å². The molecule has 0 bridgehead atoms. The van der Waals surface area contributed by atoms with Crippen LogP contribution in [0.2, 0.25) is 0 Å². The summed E-state index contributed by atoms with van der Waals surface area (Å²) in [5, 5.41) is -0.612. The van der Waals surface area contributed by atoms with E-state index in [0.717, 1.165) is 5.56 Å². The van der Waals surface area contributed by atoms with Crippen LogP contribution >= 0.6 is 0 Å². The highest BCUT2D eigenvalue weighted by Gasteiger charge is 2.24. The van der Waals surface area contributed by atoms with E-state index in [1.54, 1.807) is 13.0 Å². The Hall–Kier alpha value is -1.07. The van der Waals surface area contributed by atoms with E-state index >= 15 is 0 Å². The van der Waals surface area contributed by atoms with Crippen molar-refractivity contribution in [2.45, 2.75) is 25.1 Å². The van der Waals surface area contributed by atoms with Crippen molar-refractivity contribution in [1.29, 1.82) is 0 Å². The standard InChI is InChI=1S/C12H19NO3S/c1-4-16-11-7-5-6-10(8-11)12(13)9(2)17(3,14)15/h5-9,12H,4,13H2,1-3H3. The Kier molecular flexibility index (Phi) is 4.54. The van der Waals surface area contributed by atoms with Gasteiger partial charge >= 0.3 is 0 Å². The Balaban J connectivity index is 2.96. The minimum atomic E-state index is -3.14. The number of ether oxygens (including phenoxy) is 1. The first-order valence-corrected chi connectivity index (χ1v) is 7.49. The fourth-order valence-electron chi connectivity index (χ4n) is 1.52. The third kappa shape index (κ3) is 3.71. The molecule has 1 aromatic rings. The zero-order chi connectivity index (χ0) is 13.1. The third-order valence-corrected chi connectivity index (χ3v) is 4.38. The molecular formula is C12H19NO3S. The Morgan fingerprint density at radius 2 is 2.06 bits per heavy atom. The second kappa shape index (κ2) is 5.51. The molecule has 2 N–H and O–H groups in total. The van der Waals surface area contributed by atoms with E-state index in [1.165, 1.54) is 6.26 Å². The van der Waals surface area contributed by atoms with E-state index < -0.39 is 21.1 Å². The monoisotopic (exact) mass is 257 g/mol. The normalized spacial score (nSPS) is 15.3. The second-order valence-electron chi connectivity index (χ2n) is 4.07. The number of nitrogens with two attached hydrogens (primary N) is 1. The minimum absolute atomic E-state index is 0.537. The van der Waals surface area contributed by atoms with Crippen LogP contribution < -0.4 is 10.5 Å². The molecule has 2 atom stereocenters. The Morgan fingerprint density at radius 3 is 2.59 bits per heavy atom. The molecule has 1 rings (SSSR count). The van der Waals surface area contributed by atoms with Crippen molar-refractivity contribution in [2.24, 2.45) is 5.73 Å². The second-order valence-corrected chi connectivity index (χ2v) is 6.47. The SMILES string of the molecule is CCOc1cccc(C(N)C(C)S(C)(=O)=O)c1. The predicted molar refractivity (Wildman–Crippen MR) is 68.8 cm³/mol. The molecule has 5 heteroatoms. The Bertz CT molecular complexity index is 470. The molecule has 0 aliphatic heterocycles. The number of rotatable bonds is 5. The first kappa shape index (κ1) is 14.0. The molecule has 0 aliphatic carbocycles. The van der Waals surface area contributed by atoms with Gasteiger partial charge in [0.25, 0.3) is 0 Å². The largest absolute Gasteiger partial charge is 0.494 e. The smallest absolute Gasteiger partial charge is 0.151 e. The van der Waals surface area contributed by atoms with Gasteiger partial charge in [-0.25, -0.2) is 8.42 Å². The molecule has 0 heterocycles. The molecule has 0 aliphatic rings. The van der Waals surface area contributed by atoms with Crippen molar-refractivity contribution in [3.8, 4) is 5.75 Å². The van der Waals surface area contributed by atoms with Crippen molar-refractivity contribution in [2.75, 3.05) is 12.9 Å². The van der Waals surface area contributed by atoms with Gasteiger partial charge < -0.3 is 10.5 Å². The van der Waals surface area contributed by atoms with Gasteiger partial charge in [-0.15, -0.1) is 0 Å². The Morgan fingerprint density at radius 1 is 1.41 bits per heavy atom. The highest BCUT2D eigenvalue weighted by molar-refractivity contribution is 7.91. The quantitative estimate of drug-likeness (QED) is 0.868. The topological polar surface area (TPSA) is 69.4 Å². The van der Waals surface area contributed by atoms with Crippen LogP contribution in [0.4, 0.5) is 0 Å². The summed E-state index contributed by atoms with van der Waals surface area (Å²) in [6.07, 6.45) is 1.20. The van der Waals surface area contributed by atoms with Gasteiger partial charge in [-0.2, -0.15) is 0 Å². The van der Waals surface area contributed by atoms with E-state index in [-0.39, 0.29) is 0 Å². The van der Waals surface area contributed by atoms with E-state index in [1.807, 2.05) is 25.1 Å². The van der Waals surface area contributed by atoms with Gasteiger partial charge in [0.2, 0.25) is 0 Å². The lowest BCUT2D eigenvalue weighted by Crippen LogP contribution is -2.30. The Labute approximate surface area is 103 Å². The molecule has 0 saturated heterocycles. The highest BCUT2D eigenvalue weighted by Crippen LogP contribution is 2.23. The number of hydrogen-bond acceptors (Lipinski definition) is 4. The molecule has 96 valence electrons. The fraction of sp³-hybridized carbons (Fsp3) is 0.500. The maximum atomic E-state index is 11.4. The van der Waals surface area contributed by atoms with Crippen LogP contribution in [0.3, 0.4) is 0 Å². The first-order valence-electron chi connectivity index (χ1n) is 5.53. The molecule has 0 radical (unpaired) electrons. The van der Waals surface area contributed by atoms with Crippen LogP contribution in [-0.4, -0.2) is 26.5 Å². The maximum absolute atomic E-state index is 11.4. The summed E-state index contributed by atoms with van der Waals surface area (Å²) in [7, 11) is -3.14. The molecular weight excluding hydrogens is 238 g/mol. The van der Waals surface area contributed by atoms with Crippen molar-refractivity contribution in [1.82, 2.24) is 0 Å². The maximum Gasteiger partial charge on any atom is 0.151 e. The summed E-state index contributed by atoms with van der Waals surface area (Å²) in [6.45, 7) is 4.08. The van der Waals surface area contributed by atoms with E-state index in [9.17, 15) is 8.42 Å². The van der Waals surface area contributed by atoms with E-state index in [2.05, 4.69) is 0 Å². The molecule has 0 aromatic heterocycles. The van der Waals surface area contributed by atoms with Crippen LogP contribution in [0.1, 0.15) is 25.5 Å². The summed E-state index contributed by atoms with van der Waals surface area (Å²) in [5.74, 6) is 0.709. The van der Waals surface area contributed by atoms with Gasteiger partial charge in [0.15, 0.2) is 9.84 Å². The summed E-state index contributed by atoms with van der Waals surface area (Å²) < 4.78 is 28.2. The average Bonchev–Trinajstić information content (AvgIpc) is 2.27. The van der Waals surface area contributed by atoms with Crippen LogP contribution in [0.25, 0.3) is 0 Å². The van der Waals surface area contributed by atoms with Gasteiger partial charge in [-0.05, 0) is 31.5 Å². The molecule has 17 heavy (non-hydrogen) atoms. The van der Waals surface area contributed by atoms with Gasteiger partial charge in [-0.1, -0.05) is 12.1 Å². The third-order valence-electron chi connectivity index (χ3n) is 2.74. The summed E-state index contributed by atoms with van der Waals surface area (Å²) in [6, 6.07) is 6.70. The molecule has 0 fully saturated rings. The molecule has 2 unspecified atom stereocenters. The molecule has 0 saturated carbocycles. The zero-order valence-electron chi connectivity index (χ0n) is 10.4. The van der Waals surface area contributed by atoms with E-state index in [0.29, 0.717) is 12.4 Å². The van der Waals surface area contributed by atoms with Gasteiger partial charge in [0.05, 0.1) is 11.9 Å². The zero-order valence-corrected chi connectivity index (χ0v) is 11.2. The lowest BCUT2D eigenvalue weighted by molar-refractivity contribution is 0.339. The average molecular weight is 257 g/mol. The van der Waals surface area contributed by atoms with Crippen molar-refractivity contribution < 1.29 is 13.2 Å². The van der Waals surface area contributed by atoms with Crippen molar-refractivity contribution >= 4 is 9.84 Å². The van der Waals surface area contributed by atoms with Crippen molar-refractivity contribution in [3.63, 3.8) is 0 Å². The molecule has 4 nitrogen and oxygen atoms in total. The lowest BCUT2D eigenvalue weighted by Gasteiger charge is -2.19. The number of sulfone groups is 1. The van der Waals surface area contributed by atoms with Crippen LogP contribution in [0, 0.1) is 0 Å². The number of hydrogen-bond donors (Lipinski definition) is 1. The molecule has 0 spiro atoms. The van der Waals surface area contributed by atoms with Gasteiger partial charge in [-0.3, -0.25) is 0 Å². The molecule has 0 amide bonds. The van der Waals surface area contributed by atoms with E-state index in [4.69, 9.17) is 10.5 Å². The van der Waals surface area contributed by atoms with Gasteiger partial charge in [0.1, 0.15) is 5.75 Å². The minimum Gasteiger partial charge on any atom is -0.494 e. The van der Waals surface area contributed by atoms with Crippen LogP contribution in [0.15, 0.2) is 24.3 Å². The first-order chi connectivity index (χ1) is 7.86.